The van der Waals surface area contributed by atoms with Crippen LogP contribution in [0.3, 0.4) is 0 Å². The van der Waals surface area contributed by atoms with E-state index in [1.54, 1.807) is 36.0 Å². The first kappa shape index (κ1) is 20.8. The zero-order valence-electron chi connectivity index (χ0n) is 14.8. The Balaban J connectivity index is 1.68. The zero-order valence-corrected chi connectivity index (χ0v) is 16.3. The third kappa shape index (κ3) is 7.33. The Bertz CT molecular complexity index is 817. The van der Waals surface area contributed by atoms with Crippen molar-refractivity contribution in [1.82, 2.24) is 0 Å². The molecule has 2 aromatic carbocycles. The van der Waals surface area contributed by atoms with Crippen LogP contribution in [0.4, 0.5) is 5.69 Å². The summed E-state index contributed by atoms with van der Waals surface area (Å²) in [5, 5.41) is 12.1. The molecule has 0 aliphatic rings. The molecule has 0 aromatic heterocycles. The monoisotopic (exact) mass is 402 g/mol. The average Bonchev–Trinajstić information content (AvgIpc) is 2.67. The Hall–Kier alpha value is -2.49. The molecule has 0 bridgehead atoms. The zero-order chi connectivity index (χ0) is 19.6. The highest BCUT2D eigenvalue weighted by molar-refractivity contribution is 7.99. The van der Waals surface area contributed by atoms with Gasteiger partial charge in [0.25, 0.3) is 5.91 Å². The molecule has 27 heavy (non-hydrogen) atoms. The topological polar surface area (TPSA) is 79.2 Å². The minimum atomic E-state index is -0.892. The number of amides is 1. The van der Waals surface area contributed by atoms with Crippen LogP contribution in [-0.2, 0) is 14.3 Å². The van der Waals surface area contributed by atoms with Gasteiger partial charge >= 0.3 is 5.97 Å². The summed E-state index contributed by atoms with van der Waals surface area (Å²) in [5.74, 6) is -0.0551. The third-order valence-corrected chi connectivity index (χ3v) is 4.92. The number of nitrogens with one attached hydrogen (secondary N) is 1. The smallest absolute Gasteiger partial charge is 0.306 e. The second-order valence-corrected chi connectivity index (χ2v) is 7.32. The van der Waals surface area contributed by atoms with Crippen LogP contribution in [0.2, 0.25) is 5.02 Å². The summed E-state index contributed by atoms with van der Waals surface area (Å²) < 4.78 is 5.17. The summed E-state index contributed by atoms with van der Waals surface area (Å²) in [6.45, 7) is 1.53. The van der Waals surface area contributed by atoms with Gasteiger partial charge < -0.3 is 10.1 Å². The lowest BCUT2D eigenvalue weighted by Gasteiger charge is -2.13. The summed E-state index contributed by atoms with van der Waals surface area (Å²) in [6.07, 6.45) is 0.00240. The lowest BCUT2D eigenvalue weighted by molar-refractivity contribution is -0.153. The third-order valence-electron chi connectivity index (χ3n) is 3.57. The quantitative estimate of drug-likeness (QED) is 0.395. The van der Waals surface area contributed by atoms with Crippen molar-refractivity contribution >= 4 is 40.9 Å². The highest BCUT2D eigenvalue weighted by Gasteiger charge is 2.17. The molecule has 0 fully saturated rings. The van der Waals surface area contributed by atoms with Crippen LogP contribution in [0.15, 0.2) is 53.4 Å². The molecule has 1 atom stereocenters. The maximum Gasteiger partial charge on any atom is 0.306 e. The molecule has 0 radical (unpaired) electrons. The number of carbonyl (C=O) groups excluding carboxylic acids is 2. The average molecular weight is 403 g/mol. The van der Waals surface area contributed by atoms with E-state index in [9.17, 15) is 9.59 Å². The largest absolute Gasteiger partial charge is 0.453 e. The standard InChI is InChI=1S/C20H19ClN2O3S/c1-14(20(25)23-17-8-4-15(13-22)5-9-17)26-19(24)3-2-12-27-18-10-6-16(21)7-11-18/h4-11,14H,2-3,12H2,1H3,(H,23,25)/t14-/m0/s1. The van der Waals surface area contributed by atoms with Crippen LogP contribution in [0.5, 0.6) is 0 Å². The summed E-state index contributed by atoms with van der Waals surface area (Å²) in [5.41, 5.74) is 1.05. The van der Waals surface area contributed by atoms with Crippen molar-refractivity contribution < 1.29 is 14.3 Å². The molecule has 5 nitrogen and oxygen atoms in total. The molecular formula is C20H19ClN2O3S. The molecule has 0 saturated heterocycles. The molecule has 2 rings (SSSR count). The number of anilines is 1. The van der Waals surface area contributed by atoms with Crippen molar-refractivity contribution in [1.29, 1.82) is 5.26 Å². The fourth-order valence-corrected chi connectivity index (χ4v) is 3.10. The minimum absolute atomic E-state index is 0.245. The second kappa shape index (κ2) is 10.6. The number of nitriles is 1. The summed E-state index contributed by atoms with van der Waals surface area (Å²) >= 11 is 7.47. The van der Waals surface area contributed by atoms with Gasteiger partial charge in [-0.15, -0.1) is 11.8 Å². The first-order chi connectivity index (χ1) is 13.0. The molecule has 0 aliphatic heterocycles. The molecule has 140 valence electrons. The Labute approximate surface area is 167 Å². The number of hydrogen-bond donors (Lipinski definition) is 1. The van der Waals surface area contributed by atoms with E-state index < -0.39 is 18.0 Å². The van der Waals surface area contributed by atoms with Gasteiger partial charge in [-0.25, -0.2) is 0 Å². The van der Waals surface area contributed by atoms with Gasteiger partial charge in [0, 0.05) is 22.0 Å². The number of thioether (sulfide) groups is 1. The van der Waals surface area contributed by atoms with E-state index >= 15 is 0 Å². The Kier molecular flexibility index (Phi) is 8.18. The van der Waals surface area contributed by atoms with Gasteiger partial charge in [0.15, 0.2) is 6.10 Å². The van der Waals surface area contributed by atoms with Crippen LogP contribution < -0.4 is 5.32 Å². The van der Waals surface area contributed by atoms with Crippen molar-refractivity contribution in [2.75, 3.05) is 11.1 Å². The number of ether oxygens (including phenoxy) is 1. The highest BCUT2D eigenvalue weighted by atomic mass is 35.5. The fraction of sp³-hybridized carbons (Fsp3) is 0.250. The van der Waals surface area contributed by atoms with Gasteiger partial charge in [0.1, 0.15) is 0 Å². The van der Waals surface area contributed by atoms with Crippen LogP contribution >= 0.6 is 23.4 Å². The Morgan fingerprint density at radius 1 is 1.19 bits per heavy atom. The Morgan fingerprint density at radius 2 is 1.85 bits per heavy atom. The number of esters is 1. The molecular weight excluding hydrogens is 384 g/mol. The molecule has 1 amide bonds. The van der Waals surface area contributed by atoms with Crippen molar-refractivity contribution in [3.05, 3.63) is 59.1 Å². The normalized spacial score (nSPS) is 11.3. The summed E-state index contributed by atoms with van der Waals surface area (Å²) in [7, 11) is 0. The second-order valence-electron chi connectivity index (χ2n) is 5.72. The van der Waals surface area contributed by atoms with E-state index in [0.717, 1.165) is 10.6 Å². The molecule has 0 spiro atoms. The number of halogens is 1. The van der Waals surface area contributed by atoms with Gasteiger partial charge in [-0.2, -0.15) is 5.26 Å². The molecule has 2 aromatic rings. The van der Waals surface area contributed by atoms with Crippen LogP contribution in [0, 0.1) is 11.3 Å². The fourth-order valence-electron chi connectivity index (χ4n) is 2.12. The van der Waals surface area contributed by atoms with Gasteiger partial charge in [0.05, 0.1) is 11.6 Å². The van der Waals surface area contributed by atoms with Gasteiger partial charge in [-0.3, -0.25) is 9.59 Å². The Morgan fingerprint density at radius 3 is 2.48 bits per heavy atom. The molecule has 0 unspecified atom stereocenters. The molecule has 0 saturated carbocycles. The van der Waals surface area contributed by atoms with E-state index in [4.69, 9.17) is 21.6 Å². The minimum Gasteiger partial charge on any atom is -0.453 e. The molecule has 0 heterocycles. The van der Waals surface area contributed by atoms with Crippen LogP contribution in [0.1, 0.15) is 25.3 Å². The van der Waals surface area contributed by atoms with Crippen molar-refractivity contribution in [2.24, 2.45) is 0 Å². The van der Waals surface area contributed by atoms with E-state index in [1.165, 1.54) is 6.92 Å². The number of hydrogen-bond acceptors (Lipinski definition) is 5. The maximum absolute atomic E-state index is 12.1. The van der Waals surface area contributed by atoms with E-state index in [0.29, 0.717) is 22.7 Å². The summed E-state index contributed by atoms with van der Waals surface area (Å²) in [4.78, 5) is 25.0. The SMILES string of the molecule is C[C@H](OC(=O)CCCSc1ccc(Cl)cc1)C(=O)Nc1ccc(C#N)cc1. The summed E-state index contributed by atoms with van der Waals surface area (Å²) in [6, 6.07) is 16.0. The molecule has 0 aliphatic carbocycles. The molecule has 7 heteroatoms. The highest BCUT2D eigenvalue weighted by Crippen LogP contribution is 2.21. The number of nitrogens with zero attached hydrogens (tertiary/aromatic N) is 1. The van der Waals surface area contributed by atoms with Gasteiger partial charge in [-0.05, 0) is 67.6 Å². The predicted molar refractivity (Wildman–Crippen MR) is 107 cm³/mol. The lowest BCUT2D eigenvalue weighted by atomic mass is 10.2. The lowest BCUT2D eigenvalue weighted by Crippen LogP contribution is -2.29. The van der Waals surface area contributed by atoms with Gasteiger partial charge in [0.2, 0.25) is 0 Å². The van der Waals surface area contributed by atoms with E-state index in [2.05, 4.69) is 5.32 Å². The van der Waals surface area contributed by atoms with Crippen molar-refractivity contribution in [3.8, 4) is 6.07 Å². The number of benzene rings is 2. The van der Waals surface area contributed by atoms with E-state index in [1.807, 2.05) is 30.3 Å². The number of carbonyl (C=O) groups is 2. The number of rotatable bonds is 8. The van der Waals surface area contributed by atoms with Crippen LogP contribution in [0.25, 0.3) is 0 Å². The van der Waals surface area contributed by atoms with Gasteiger partial charge in [-0.1, -0.05) is 11.6 Å². The van der Waals surface area contributed by atoms with Crippen molar-refractivity contribution in [2.45, 2.75) is 30.8 Å². The molecule has 1 N–H and O–H groups in total. The van der Waals surface area contributed by atoms with Crippen molar-refractivity contribution in [3.63, 3.8) is 0 Å². The first-order valence-corrected chi connectivity index (χ1v) is 9.73. The first-order valence-electron chi connectivity index (χ1n) is 8.37. The maximum atomic E-state index is 12.1. The predicted octanol–water partition coefficient (Wildman–Crippen LogP) is 4.65. The van der Waals surface area contributed by atoms with Crippen LogP contribution in [-0.4, -0.2) is 23.7 Å². The van der Waals surface area contributed by atoms with E-state index in [-0.39, 0.29) is 6.42 Å².